The van der Waals surface area contributed by atoms with Crippen molar-refractivity contribution in [2.24, 2.45) is 0 Å². The van der Waals surface area contributed by atoms with E-state index in [1.165, 1.54) is 0 Å². The van der Waals surface area contributed by atoms with Crippen LogP contribution in [0.15, 0.2) is 78.9 Å². The molecule has 0 fully saturated rings. The first-order chi connectivity index (χ1) is 12.2. The zero-order valence-corrected chi connectivity index (χ0v) is 13.9. The molecule has 0 saturated heterocycles. The molecule has 1 N–H and O–H groups in total. The number of para-hydroxylation sites is 2. The molecule has 3 aromatic carbocycles. The second-order valence-corrected chi connectivity index (χ2v) is 5.54. The number of hydrogen-bond acceptors (Lipinski definition) is 3. The molecule has 0 heterocycles. The van der Waals surface area contributed by atoms with Gasteiger partial charge in [0.1, 0.15) is 17.2 Å². The molecule has 4 heteroatoms. The van der Waals surface area contributed by atoms with Crippen LogP contribution in [0.5, 0.6) is 17.2 Å². The van der Waals surface area contributed by atoms with Crippen LogP contribution in [0.25, 0.3) is 0 Å². The highest BCUT2D eigenvalue weighted by molar-refractivity contribution is 5.92. The molecule has 4 nitrogen and oxygen atoms in total. The molecule has 126 valence electrons. The van der Waals surface area contributed by atoms with Gasteiger partial charge in [0, 0.05) is 5.69 Å². The second-order valence-electron chi connectivity index (χ2n) is 5.54. The van der Waals surface area contributed by atoms with Crippen LogP contribution in [0, 0.1) is 6.92 Å². The molecule has 3 rings (SSSR count). The fourth-order valence-corrected chi connectivity index (χ4v) is 2.28. The zero-order chi connectivity index (χ0) is 17.5. The van der Waals surface area contributed by atoms with Crippen molar-refractivity contribution in [3.8, 4) is 17.2 Å². The minimum atomic E-state index is -0.195. The molecule has 0 bridgehead atoms. The van der Waals surface area contributed by atoms with Gasteiger partial charge in [0.15, 0.2) is 6.61 Å². The van der Waals surface area contributed by atoms with Crippen molar-refractivity contribution >= 4 is 11.6 Å². The largest absolute Gasteiger partial charge is 0.484 e. The third-order valence-corrected chi connectivity index (χ3v) is 3.59. The predicted molar refractivity (Wildman–Crippen MR) is 98.3 cm³/mol. The van der Waals surface area contributed by atoms with Gasteiger partial charge >= 0.3 is 0 Å². The Morgan fingerprint density at radius 2 is 1.40 bits per heavy atom. The maximum absolute atomic E-state index is 12.0. The molecule has 1 amide bonds. The molecule has 0 aromatic heterocycles. The van der Waals surface area contributed by atoms with Crippen LogP contribution in [-0.2, 0) is 4.79 Å². The summed E-state index contributed by atoms with van der Waals surface area (Å²) in [4.78, 5) is 12.0. The van der Waals surface area contributed by atoms with E-state index < -0.39 is 0 Å². The van der Waals surface area contributed by atoms with Crippen LogP contribution in [0.4, 0.5) is 5.69 Å². The number of nitrogens with one attached hydrogen (secondary N) is 1. The van der Waals surface area contributed by atoms with Gasteiger partial charge in [0.2, 0.25) is 0 Å². The molecule has 0 atom stereocenters. The molecule has 3 aromatic rings. The van der Waals surface area contributed by atoms with E-state index in [1.807, 2.05) is 73.7 Å². The van der Waals surface area contributed by atoms with Gasteiger partial charge in [-0.25, -0.2) is 0 Å². The van der Waals surface area contributed by atoms with Crippen LogP contribution >= 0.6 is 0 Å². The summed E-state index contributed by atoms with van der Waals surface area (Å²) in [6, 6.07) is 24.3. The number of benzene rings is 3. The summed E-state index contributed by atoms with van der Waals surface area (Å²) >= 11 is 0. The van der Waals surface area contributed by atoms with Crippen molar-refractivity contribution in [1.82, 2.24) is 0 Å². The van der Waals surface area contributed by atoms with Crippen molar-refractivity contribution < 1.29 is 14.3 Å². The van der Waals surface area contributed by atoms with Gasteiger partial charge in [-0.1, -0.05) is 36.4 Å². The Morgan fingerprint density at radius 1 is 0.800 bits per heavy atom. The number of aryl methyl sites for hydroxylation is 1. The monoisotopic (exact) mass is 333 g/mol. The van der Waals surface area contributed by atoms with Gasteiger partial charge < -0.3 is 14.8 Å². The number of hydrogen-bond donors (Lipinski definition) is 1. The quantitative estimate of drug-likeness (QED) is 0.704. The van der Waals surface area contributed by atoms with E-state index >= 15 is 0 Å². The Bertz CT molecular complexity index is 829. The molecule has 0 aliphatic carbocycles. The Kier molecular flexibility index (Phi) is 5.32. The van der Waals surface area contributed by atoms with Crippen LogP contribution in [0.2, 0.25) is 0 Å². The molecule has 25 heavy (non-hydrogen) atoms. The first-order valence-corrected chi connectivity index (χ1v) is 8.02. The van der Waals surface area contributed by atoms with Gasteiger partial charge in [-0.2, -0.15) is 0 Å². The van der Waals surface area contributed by atoms with Gasteiger partial charge in [0.05, 0.1) is 0 Å². The van der Waals surface area contributed by atoms with E-state index in [1.54, 1.807) is 12.1 Å². The summed E-state index contributed by atoms with van der Waals surface area (Å²) in [6.07, 6.45) is 0. The Labute approximate surface area is 147 Å². The number of amides is 1. The van der Waals surface area contributed by atoms with E-state index in [4.69, 9.17) is 9.47 Å². The Hall–Kier alpha value is -3.27. The second kappa shape index (κ2) is 8.02. The fraction of sp³-hybridized carbons (Fsp3) is 0.0952. The van der Waals surface area contributed by atoms with Gasteiger partial charge in [0.25, 0.3) is 5.91 Å². The van der Waals surface area contributed by atoms with Crippen molar-refractivity contribution in [2.75, 3.05) is 11.9 Å². The van der Waals surface area contributed by atoms with E-state index in [0.717, 1.165) is 17.0 Å². The maximum atomic E-state index is 12.0. The van der Waals surface area contributed by atoms with Crippen LogP contribution in [0.3, 0.4) is 0 Å². The van der Waals surface area contributed by atoms with E-state index in [-0.39, 0.29) is 12.5 Å². The average molecular weight is 333 g/mol. The van der Waals surface area contributed by atoms with Crippen molar-refractivity contribution in [1.29, 1.82) is 0 Å². The fourth-order valence-electron chi connectivity index (χ4n) is 2.28. The molecule has 0 aliphatic rings. The standard InChI is InChI=1S/C21H19NO3/c1-16-7-5-6-10-20(16)22-21(23)15-24-17-11-13-19(14-12-17)25-18-8-3-2-4-9-18/h2-14H,15H2,1H3,(H,22,23). The number of rotatable bonds is 6. The highest BCUT2D eigenvalue weighted by Crippen LogP contribution is 2.23. The number of carbonyl (C=O) groups is 1. The SMILES string of the molecule is Cc1ccccc1NC(=O)COc1ccc(Oc2ccccc2)cc1. The first-order valence-electron chi connectivity index (χ1n) is 8.02. The first kappa shape index (κ1) is 16.6. The topological polar surface area (TPSA) is 47.6 Å². The van der Waals surface area contributed by atoms with Gasteiger partial charge in [-0.15, -0.1) is 0 Å². The highest BCUT2D eigenvalue weighted by atomic mass is 16.5. The molecule has 0 saturated carbocycles. The summed E-state index contributed by atoms with van der Waals surface area (Å²) < 4.78 is 11.2. The lowest BCUT2D eigenvalue weighted by Crippen LogP contribution is -2.20. The Morgan fingerprint density at radius 3 is 2.12 bits per heavy atom. The average Bonchev–Trinajstić information content (AvgIpc) is 2.64. The van der Waals surface area contributed by atoms with Gasteiger partial charge in [-0.05, 0) is 55.0 Å². The van der Waals surface area contributed by atoms with E-state index in [9.17, 15) is 4.79 Å². The lowest BCUT2D eigenvalue weighted by atomic mass is 10.2. The molecular weight excluding hydrogens is 314 g/mol. The van der Waals surface area contributed by atoms with Crippen LogP contribution in [-0.4, -0.2) is 12.5 Å². The normalized spacial score (nSPS) is 10.1. The smallest absolute Gasteiger partial charge is 0.262 e. The third kappa shape index (κ3) is 4.85. The van der Waals surface area contributed by atoms with E-state index in [0.29, 0.717) is 11.5 Å². The van der Waals surface area contributed by atoms with Crippen molar-refractivity contribution in [3.63, 3.8) is 0 Å². The van der Waals surface area contributed by atoms with Crippen molar-refractivity contribution in [2.45, 2.75) is 6.92 Å². The maximum Gasteiger partial charge on any atom is 0.262 e. The van der Waals surface area contributed by atoms with Crippen molar-refractivity contribution in [3.05, 3.63) is 84.4 Å². The summed E-state index contributed by atoms with van der Waals surface area (Å²) in [7, 11) is 0. The molecular formula is C21H19NO3. The predicted octanol–water partition coefficient (Wildman–Crippen LogP) is 4.80. The highest BCUT2D eigenvalue weighted by Gasteiger charge is 2.06. The molecule has 0 radical (unpaired) electrons. The van der Waals surface area contributed by atoms with Crippen LogP contribution < -0.4 is 14.8 Å². The Balaban J connectivity index is 1.51. The zero-order valence-electron chi connectivity index (χ0n) is 13.9. The minimum absolute atomic E-state index is 0.0484. The summed E-state index contributed by atoms with van der Waals surface area (Å²) in [5.41, 5.74) is 1.81. The third-order valence-electron chi connectivity index (χ3n) is 3.59. The lowest BCUT2D eigenvalue weighted by Gasteiger charge is -2.10. The lowest BCUT2D eigenvalue weighted by molar-refractivity contribution is -0.118. The number of ether oxygens (including phenoxy) is 2. The van der Waals surface area contributed by atoms with Gasteiger partial charge in [-0.3, -0.25) is 4.79 Å². The van der Waals surface area contributed by atoms with E-state index in [2.05, 4.69) is 5.32 Å². The number of carbonyl (C=O) groups excluding carboxylic acids is 1. The minimum Gasteiger partial charge on any atom is -0.484 e. The molecule has 0 spiro atoms. The summed E-state index contributed by atoms with van der Waals surface area (Å²) in [6.45, 7) is 1.90. The molecule has 0 unspecified atom stereocenters. The number of anilines is 1. The molecule has 0 aliphatic heterocycles. The summed E-state index contributed by atoms with van der Waals surface area (Å²) in [5.74, 6) is 1.90. The van der Waals surface area contributed by atoms with Crippen LogP contribution in [0.1, 0.15) is 5.56 Å². The summed E-state index contributed by atoms with van der Waals surface area (Å²) in [5, 5.41) is 2.84.